The van der Waals surface area contributed by atoms with Crippen LogP contribution in [-0.2, 0) is 14.8 Å². The first-order valence-corrected chi connectivity index (χ1v) is 12.2. The second kappa shape index (κ2) is 7.23. The predicted molar refractivity (Wildman–Crippen MR) is 112 cm³/mol. The summed E-state index contributed by atoms with van der Waals surface area (Å²) in [5.41, 5.74) is 0.727. The van der Waals surface area contributed by atoms with E-state index in [4.69, 9.17) is 0 Å². The molecular weight excluding hydrogens is 388 g/mol. The molecule has 5 rings (SSSR count). The molecule has 1 aromatic rings. The Morgan fingerprint density at radius 3 is 2.59 bits per heavy atom. The Hall–Kier alpha value is -1.67. The lowest BCUT2D eigenvalue weighted by atomic mass is 9.50. The van der Waals surface area contributed by atoms with Crippen LogP contribution < -0.4 is 10.2 Å². The third kappa shape index (κ3) is 3.44. The summed E-state index contributed by atoms with van der Waals surface area (Å²) in [7, 11) is -3.83. The minimum Gasteiger partial charge on any atom is -0.353 e. The van der Waals surface area contributed by atoms with Gasteiger partial charge in [-0.05, 0) is 77.8 Å². The van der Waals surface area contributed by atoms with Gasteiger partial charge < -0.3 is 10.2 Å². The van der Waals surface area contributed by atoms with E-state index in [1.54, 1.807) is 12.1 Å². The van der Waals surface area contributed by atoms with E-state index >= 15 is 0 Å². The highest BCUT2D eigenvalue weighted by Crippen LogP contribution is 2.57. The summed E-state index contributed by atoms with van der Waals surface area (Å²) in [5.74, 6) is 1.10. The van der Waals surface area contributed by atoms with Crippen LogP contribution in [0.1, 0.15) is 58.6 Å². The average Bonchev–Trinajstić information content (AvgIpc) is 3.08. The molecule has 1 amide bonds. The maximum atomic E-state index is 13.7. The van der Waals surface area contributed by atoms with E-state index in [0.29, 0.717) is 31.7 Å². The van der Waals surface area contributed by atoms with E-state index in [1.165, 1.54) is 4.31 Å². The second-order valence-electron chi connectivity index (χ2n) is 9.18. The molecule has 3 saturated carbocycles. The van der Waals surface area contributed by atoms with Crippen molar-refractivity contribution in [3.05, 3.63) is 17.8 Å². The molecule has 8 heteroatoms. The van der Waals surface area contributed by atoms with Crippen molar-refractivity contribution in [1.82, 2.24) is 14.6 Å². The quantitative estimate of drug-likeness (QED) is 0.733. The van der Waals surface area contributed by atoms with Crippen LogP contribution in [-0.4, -0.2) is 54.3 Å². The molecule has 4 fully saturated rings. The smallest absolute Gasteiger partial charge is 0.247 e. The number of aryl methyl sites for hydroxylation is 1. The normalized spacial score (nSPS) is 28.7. The molecule has 2 bridgehead atoms. The maximum absolute atomic E-state index is 13.7. The van der Waals surface area contributed by atoms with E-state index < -0.39 is 16.1 Å². The molecule has 3 aliphatic carbocycles. The summed E-state index contributed by atoms with van der Waals surface area (Å²) in [5, 5.41) is 3.16. The minimum absolute atomic E-state index is 0.0486. The maximum Gasteiger partial charge on any atom is 0.247 e. The van der Waals surface area contributed by atoms with Gasteiger partial charge in [0.15, 0.2) is 0 Å². The van der Waals surface area contributed by atoms with Crippen LogP contribution in [0.15, 0.2) is 17.0 Å². The second-order valence-corrected chi connectivity index (χ2v) is 11.0. The van der Waals surface area contributed by atoms with Crippen LogP contribution in [0.3, 0.4) is 0 Å². The number of pyridine rings is 1. The van der Waals surface area contributed by atoms with Gasteiger partial charge in [0.25, 0.3) is 0 Å². The van der Waals surface area contributed by atoms with Crippen LogP contribution in [0.2, 0.25) is 0 Å². The first kappa shape index (κ1) is 20.6. The van der Waals surface area contributed by atoms with E-state index in [-0.39, 0.29) is 22.4 Å². The molecule has 29 heavy (non-hydrogen) atoms. The van der Waals surface area contributed by atoms with Gasteiger partial charge in [-0.2, -0.15) is 4.31 Å². The Labute approximate surface area is 173 Å². The molecule has 0 radical (unpaired) electrons. The fourth-order valence-electron chi connectivity index (χ4n) is 5.09. The summed E-state index contributed by atoms with van der Waals surface area (Å²) in [4.78, 5) is 19.7. The molecule has 0 spiro atoms. The lowest BCUT2D eigenvalue weighted by Gasteiger charge is -2.62. The molecule has 2 heterocycles. The highest BCUT2D eigenvalue weighted by molar-refractivity contribution is 7.89. The molecule has 4 aliphatic rings. The molecule has 1 aliphatic heterocycles. The Bertz CT molecular complexity index is 897. The van der Waals surface area contributed by atoms with Crippen LogP contribution in [0.5, 0.6) is 0 Å². The van der Waals surface area contributed by atoms with Gasteiger partial charge in [-0.3, -0.25) is 4.79 Å². The number of carbonyl (C=O) groups excluding carboxylic acids is 1. The van der Waals surface area contributed by atoms with Crippen molar-refractivity contribution >= 4 is 21.7 Å². The van der Waals surface area contributed by atoms with Crippen molar-refractivity contribution in [2.24, 2.45) is 5.92 Å². The molecule has 1 atom stereocenters. The Kier molecular flexibility index (Phi) is 5.14. The van der Waals surface area contributed by atoms with E-state index in [1.807, 2.05) is 32.6 Å². The van der Waals surface area contributed by atoms with Crippen LogP contribution in [0.4, 0.5) is 5.82 Å². The number of rotatable bonds is 7. The summed E-state index contributed by atoms with van der Waals surface area (Å²) in [6.45, 7) is 8.95. The number of carbonyl (C=O) groups is 1. The first-order chi connectivity index (χ1) is 13.7. The Morgan fingerprint density at radius 1 is 1.34 bits per heavy atom. The van der Waals surface area contributed by atoms with Gasteiger partial charge in [0, 0.05) is 30.4 Å². The fraction of sp³-hybridized carbons (Fsp3) is 0.714. The number of nitrogens with zero attached hydrogens (tertiary/aromatic N) is 3. The summed E-state index contributed by atoms with van der Waals surface area (Å²) in [6.07, 6.45) is 4.41. The van der Waals surface area contributed by atoms with Crippen molar-refractivity contribution in [2.75, 3.05) is 18.0 Å². The topological polar surface area (TPSA) is 82.6 Å². The molecule has 1 N–H and O–H groups in total. The van der Waals surface area contributed by atoms with Gasteiger partial charge >= 0.3 is 0 Å². The van der Waals surface area contributed by atoms with Gasteiger partial charge in [0.2, 0.25) is 15.9 Å². The summed E-state index contributed by atoms with van der Waals surface area (Å²) < 4.78 is 28.7. The van der Waals surface area contributed by atoms with Gasteiger partial charge in [-0.1, -0.05) is 0 Å². The third-order valence-electron chi connectivity index (χ3n) is 6.73. The number of nitrogens with one attached hydrogen (secondary N) is 1. The molecule has 1 saturated heterocycles. The molecule has 0 aromatic carbocycles. The highest BCUT2D eigenvalue weighted by Gasteiger charge is 2.58. The number of hydrogen-bond acceptors (Lipinski definition) is 5. The molecule has 7 nitrogen and oxygen atoms in total. The third-order valence-corrected chi connectivity index (χ3v) is 8.66. The van der Waals surface area contributed by atoms with Crippen LogP contribution in [0, 0.1) is 12.8 Å². The number of sulfonamides is 1. The molecular formula is C21H32N4O3S. The van der Waals surface area contributed by atoms with Gasteiger partial charge in [0.1, 0.15) is 16.8 Å². The summed E-state index contributed by atoms with van der Waals surface area (Å²) in [6, 6.07) is 2.87. The van der Waals surface area contributed by atoms with Gasteiger partial charge in [-0.15, -0.1) is 0 Å². The minimum atomic E-state index is -3.83. The van der Waals surface area contributed by atoms with E-state index in [2.05, 4.69) is 10.3 Å². The largest absolute Gasteiger partial charge is 0.353 e. The van der Waals surface area contributed by atoms with Crippen molar-refractivity contribution in [1.29, 1.82) is 0 Å². The van der Waals surface area contributed by atoms with Crippen LogP contribution >= 0.6 is 0 Å². The fourth-order valence-corrected chi connectivity index (χ4v) is 6.88. The van der Waals surface area contributed by atoms with Crippen molar-refractivity contribution < 1.29 is 13.2 Å². The van der Waals surface area contributed by atoms with Crippen molar-refractivity contribution in [3.8, 4) is 0 Å². The Morgan fingerprint density at radius 2 is 2.03 bits per heavy atom. The van der Waals surface area contributed by atoms with Crippen molar-refractivity contribution in [2.45, 2.75) is 82.3 Å². The number of hydrogen-bond donors (Lipinski definition) is 1. The SMILES string of the molecule is CCN(c1nc(C)ccc1S(=O)(=O)N1CCC[C@H]1C(=O)NC12CC(C1)C2)C(C)C. The highest BCUT2D eigenvalue weighted by atomic mass is 32.2. The lowest BCUT2D eigenvalue weighted by molar-refractivity contribution is -0.135. The van der Waals surface area contributed by atoms with E-state index in [0.717, 1.165) is 30.9 Å². The number of aromatic nitrogens is 1. The lowest BCUT2D eigenvalue weighted by Crippen LogP contribution is -2.69. The molecule has 0 unspecified atom stereocenters. The monoisotopic (exact) mass is 420 g/mol. The zero-order valence-corrected chi connectivity index (χ0v) is 18.6. The van der Waals surface area contributed by atoms with Crippen LogP contribution in [0.25, 0.3) is 0 Å². The Balaban J connectivity index is 1.64. The zero-order chi connectivity index (χ0) is 21.0. The van der Waals surface area contributed by atoms with E-state index in [9.17, 15) is 13.2 Å². The zero-order valence-electron chi connectivity index (χ0n) is 17.8. The molecule has 1 aromatic heterocycles. The number of amides is 1. The number of anilines is 1. The van der Waals surface area contributed by atoms with Gasteiger partial charge in [-0.25, -0.2) is 13.4 Å². The van der Waals surface area contributed by atoms with Crippen molar-refractivity contribution in [3.63, 3.8) is 0 Å². The standard InChI is InChI=1S/C21H32N4O3S/c1-5-24(14(2)3)19-18(9-8-15(4)22-19)29(27,28)25-10-6-7-17(25)20(26)23-21-11-16(12-21)13-21/h8-9,14,16-17H,5-7,10-13H2,1-4H3,(H,23,26)/t16?,17-,21?/m0/s1. The first-order valence-electron chi connectivity index (χ1n) is 10.7. The average molecular weight is 421 g/mol. The molecule has 160 valence electrons. The van der Waals surface area contributed by atoms with Gasteiger partial charge in [0.05, 0.1) is 0 Å². The predicted octanol–water partition coefficient (Wildman–Crippen LogP) is 2.45. The summed E-state index contributed by atoms with van der Waals surface area (Å²) >= 11 is 0.